The molecule has 1 N–H and O–H groups in total. The van der Waals surface area contributed by atoms with E-state index in [-0.39, 0.29) is 11.8 Å². The molecule has 1 aliphatic rings. The Morgan fingerprint density at radius 3 is 2.54 bits per heavy atom. The van der Waals surface area contributed by atoms with E-state index in [1.165, 1.54) is 7.11 Å². The van der Waals surface area contributed by atoms with Crippen LogP contribution < -0.4 is 0 Å². The Bertz CT molecular complexity index is 482. The summed E-state index contributed by atoms with van der Waals surface area (Å²) in [5.41, 5.74) is 1.68. The second kappa shape index (κ2) is 11.6. The number of allylic oxidation sites excluding steroid dienone is 3. The highest BCUT2D eigenvalue weighted by atomic mass is 79.9. The summed E-state index contributed by atoms with van der Waals surface area (Å²) in [5, 5.41) is 10.3. The summed E-state index contributed by atoms with van der Waals surface area (Å²) in [6, 6.07) is 0. The third-order valence-corrected chi connectivity index (χ3v) is 5.27. The van der Waals surface area contributed by atoms with E-state index in [0.29, 0.717) is 12.8 Å². The normalized spacial score (nSPS) is 21.1. The molecule has 0 aliphatic heterocycles. The van der Waals surface area contributed by atoms with Crippen LogP contribution in [-0.4, -0.2) is 34.9 Å². The fraction of sp³-hybridized carbons (Fsp3) is 0.684. The molecule has 2 atom stereocenters. The van der Waals surface area contributed by atoms with Crippen molar-refractivity contribution in [2.45, 2.75) is 75.6 Å². The Hall–Kier alpha value is -0.940. The van der Waals surface area contributed by atoms with Gasteiger partial charge in [0.15, 0.2) is 5.78 Å². The van der Waals surface area contributed by atoms with Gasteiger partial charge in [-0.3, -0.25) is 9.59 Å². The summed E-state index contributed by atoms with van der Waals surface area (Å²) < 4.78 is 4.61. The smallest absolute Gasteiger partial charge is 0.305 e. The van der Waals surface area contributed by atoms with Crippen LogP contribution in [0.25, 0.3) is 0 Å². The number of unbranched alkanes of at least 4 members (excludes halogenated alkanes) is 4. The zero-order valence-electron chi connectivity index (χ0n) is 14.7. The number of alkyl halides is 1. The fourth-order valence-electron chi connectivity index (χ4n) is 2.94. The first-order chi connectivity index (χ1) is 11.5. The van der Waals surface area contributed by atoms with Gasteiger partial charge in [-0.2, -0.15) is 0 Å². The summed E-state index contributed by atoms with van der Waals surface area (Å²) in [5.74, 6) is -0.128. The highest BCUT2D eigenvalue weighted by Crippen LogP contribution is 2.34. The molecule has 1 rings (SSSR count). The Labute approximate surface area is 153 Å². The van der Waals surface area contributed by atoms with Crippen molar-refractivity contribution in [1.29, 1.82) is 0 Å². The predicted octanol–water partition coefficient (Wildman–Crippen LogP) is 4.25. The van der Waals surface area contributed by atoms with E-state index in [4.69, 9.17) is 0 Å². The van der Waals surface area contributed by atoms with Crippen molar-refractivity contribution in [2.75, 3.05) is 7.11 Å². The number of carbonyl (C=O) groups excluding carboxylic acids is 2. The Balaban J connectivity index is 2.40. The fourth-order valence-corrected chi connectivity index (χ4v) is 3.53. The van der Waals surface area contributed by atoms with Crippen LogP contribution in [0.5, 0.6) is 0 Å². The number of methoxy groups -OCH3 is 1. The summed E-state index contributed by atoms with van der Waals surface area (Å²) in [6.07, 6.45) is 11.1. The van der Waals surface area contributed by atoms with E-state index < -0.39 is 10.9 Å². The molecule has 1 aliphatic carbocycles. The molecule has 0 bridgehead atoms. The molecule has 0 fully saturated rings. The molecular weight excluding hydrogens is 372 g/mol. The SMILES string of the molecule is CC/C=C\CC1=C(CCCCCCCC(=O)OC)[C@@H](O)C(Br)C1=O. The Kier molecular flexibility index (Phi) is 10.2. The van der Waals surface area contributed by atoms with Crippen LogP contribution in [0.3, 0.4) is 0 Å². The monoisotopic (exact) mass is 400 g/mol. The molecule has 1 unspecified atom stereocenters. The van der Waals surface area contributed by atoms with Gasteiger partial charge < -0.3 is 9.84 Å². The van der Waals surface area contributed by atoms with Gasteiger partial charge in [0.05, 0.1) is 13.2 Å². The van der Waals surface area contributed by atoms with Crippen LogP contribution in [0, 0.1) is 0 Å². The van der Waals surface area contributed by atoms with Crippen LogP contribution in [0.2, 0.25) is 0 Å². The van der Waals surface area contributed by atoms with E-state index in [0.717, 1.165) is 56.1 Å². The Morgan fingerprint density at radius 2 is 1.88 bits per heavy atom. The summed E-state index contributed by atoms with van der Waals surface area (Å²) in [4.78, 5) is 22.8. The van der Waals surface area contributed by atoms with Crippen LogP contribution in [0.15, 0.2) is 23.3 Å². The van der Waals surface area contributed by atoms with Crippen molar-refractivity contribution in [3.05, 3.63) is 23.3 Å². The molecule has 0 amide bonds. The maximum atomic E-state index is 12.2. The van der Waals surface area contributed by atoms with Crippen molar-refractivity contribution in [1.82, 2.24) is 0 Å². The number of ketones is 1. The number of carbonyl (C=O) groups is 2. The molecule has 0 aromatic carbocycles. The lowest BCUT2D eigenvalue weighted by molar-refractivity contribution is -0.140. The number of aliphatic hydroxyl groups is 1. The van der Waals surface area contributed by atoms with Crippen molar-refractivity contribution in [3.63, 3.8) is 0 Å². The highest BCUT2D eigenvalue weighted by Gasteiger charge is 2.37. The van der Waals surface area contributed by atoms with Crippen LogP contribution in [0.1, 0.15) is 64.7 Å². The molecule has 24 heavy (non-hydrogen) atoms. The number of hydrogen-bond acceptors (Lipinski definition) is 4. The van der Waals surface area contributed by atoms with Gasteiger partial charge in [-0.05, 0) is 37.7 Å². The number of hydrogen-bond donors (Lipinski definition) is 1. The van der Waals surface area contributed by atoms with E-state index >= 15 is 0 Å². The number of esters is 1. The lowest BCUT2D eigenvalue weighted by Gasteiger charge is -2.11. The van der Waals surface area contributed by atoms with Crippen LogP contribution in [-0.2, 0) is 14.3 Å². The molecule has 5 heteroatoms. The minimum atomic E-state index is -0.693. The molecular formula is C19H29BrO4. The van der Waals surface area contributed by atoms with Gasteiger partial charge in [0.25, 0.3) is 0 Å². The lowest BCUT2D eigenvalue weighted by atomic mass is 9.99. The molecule has 4 nitrogen and oxygen atoms in total. The molecule has 0 aromatic rings. The van der Waals surface area contributed by atoms with Gasteiger partial charge >= 0.3 is 5.97 Å². The Morgan fingerprint density at radius 1 is 1.21 bits per heavy atom. The van der Waals surface area contributed by atoms with Crippen molar-refractivity contribution < 1.29 is 19.4 Å². The first-order valence-corrected chi connectivity index (χ1v) is 9.74. The minimum Gasteiger partial charge on any atom is -0.469 e. The van der Waals surface area contributed by atoms with Gasteiger partial charge in [0.2, 0.25) is 0 Å². The quantitative estimate of drug-likeness (QED) is 0.243. The van der Waals surface area contributed by atoms with Crippen LogP contribution >= 0.6 is 15.9 Å². The molecule has 0 radical (unpaired) electrons. The van der Waals surface area contributed by atoms with E-state index in [1.54, 1.807) is 0 Å². The number of Topliss-reactive ketones (excluding diaryl/α,β-unsaturated/α-hetero) is 1. The standard InChI is InChI=1S/C19H29BrO4/c1-3-4-8-11-14-15(19(23)17(20)18(14)22)12-9-6-5-7-10-13-16(21)24-2/h4,8,17,19,23H,3,5-7,9-13H2,1-2H3/b8-4-/t17?,19-/m1/s1. The molecule has 0 spiro atoms. The number of ether oxygens (including phenoxy) is 1. The number of rotatable bonds is 11. The van der Waals surface area contributed by atoms with E-state index in [9.17, 15) is 14.7 Å². The average molecular weight is 401 g/mol. The minimum absolute atomic E-state index is 0.0244. The first kappa shape index (κ1) is 21.1. The van der Waals surface area contributed by atoms with Crippen molar-refractivity contribution >= 4 is 27.7 Å². The van der Waals surface area contributed by atoms with Crippen LogP contribution in [0.4, 0.5) is 0 Å². The third kappa shape index (κ3) is 6.52. The topological polar surface area (TPSA) is 63.6 Å². The molecule has 0 aromatic heterocycles. The zero-order valence-corrected chi connectivity index (χ0v) is 16.3. The summed E-state index contributed by atoms with van der Waals surface area (Å²) >= 11 is 3.31. The van der Waals surface area contributed by atoms with Gasteiger partial charge in [0, 0.05) is 12.0 Å². The zero-order chi connectivity index (χ0) is 17.9. The largest absolute Gasteiger partial charge is 0.469 e. The van der Waals surface area contributed by atoms with Crippen molar-refractivity contribution in [3.8, 4) is 0 Å². The maximum Gasteiger partial charge on any atom is 0.305 e. The third-order valence-electron chi connectivity index (χ3n) is 4.35. The lowest BCUT2D eigenvalue weighted by Crippen LogP contribution is -2.22. The summed E-state index contributed by atoms with van der Waals surface area (Å²) in [6.45, 7) is 2.06. The first-order valence-electron chi connectivity index (χ1n) is 8.83. The molecule has 0 heterocycles. The summed E-state index contributed by atoms with van der Waals surface area (Å²) in [7, 11) is 1.41. The molecule has 136 valence electrons. The molecule has 0 saturated carbocycles. The average Bonchev–Trinajstić information content (AvgIpc) is 2.78. The van der Waals surface area contributed by atoms with Gasteiger partial charge in [0.1, 0.15) is 4.83 Å². The van der Waals surface area contributed by atoms with Crippen molar-refractivity contribution in [2.24, 2.45) is 0 Å². The maximum absolute atomic E-state index is 12.2. The van der Waals surface area contributed by atoms with E-state index in [2.05, 4.69) is 27.6 Å². The predicted molar refractivity (Wildman–Crippen MR) is 99.1 cm³/mol. The molecule has 0 saturated heterocycles. The number of halogens is 1. The highest BCUT2D eigenvalue weighted by molar-refractivity contribution is 9.10. The van der Waals surface area contributed by atoms with Gasteiger partial charge in [-0.15, -0.1) is 0 Å². The van der Waals surface area contributed by atoms with E-state index in [1.807, 2.05) is 12.2 Å². The number of aliphatic hydroxyl groups excluding tert-OH is 1. The second-order valence-corrected chi connectivity index (χ2v) is 7.13. The second-order valence-electron chi connectivity index (χ2n) is 6.14. The van der Waals surface area contributed by atoms with Gasteiger partial charge in [-0.1, -0.05) is 54.3 Å². The van der Waals surface area contributed by atoms with Gasteiger partial charge in [-0.25, -0.2) is 0 Å².